The van der Waals surface area contributed by atoms with Gasteiger partial charge < -0.3 is 15.3 Å². The number of carbonyl (C=O) groups excluding carboxylic acids is 3. The molecule has 45 heavy (non-hydrogen) atoms. The van der Waals surface area contributed by atoms with Crippen LogP contribution in [0.3, 0.4) is 0 Å². The first-order valence-electron chi connectivity index (χ1n) is 15.8. The van der Waals surface area contributed by atoms with Crippen molar-refractivity contribution in [3.63, 3.8) is 0 Å². The van der Waals surface area contributed by atoms with Crippen molar-refractivity contribution < 1.29 is 38.9 Å². The zero-order chi connectivity index (χ0) is 32.9. The Morgan fingerprint density at radius 1 is 1.00 bits per heavy atom. The number of carbonyl (C=O) groups is 4. The van der Waals surface area contributed by atoms with Crippen molar-refractivity contribution in [2.75, 3.05) is 6.61 Å². The standard InChI is InChI=1S/C21H28O5.C16H15FO2/c1-19-7-5-13(23)9-12(19)3-4-14-15-6-8-21(26,17(25)11-22)20(15,2)10-16(24)18(14)19;1-16(2,15(18)19)12-8-9-13(14(17)10-12)11-6-4-3-5-7-11/h9,14-15,18,22,26H,3-8,10-11H2,1-2H3;3-10H,1-2H3,(H,18,19)/t14-,15-,18+,19-,20-,21-;/m0./s1. The predicted octanol–water partition coefficient (Wildman–Crippen LogP) is 5.84. The number of fused-ring (bicyclic) bond motifs is 5. The molecule has 0 amide bonds. The maximum atomic E-state index is 14.1. The van der Waals surface area contributed by atoms with Gasteiger partial charge in [-0.25, -0.2) is 4.39 Å². The van der Waals surface area contributed by atoms with E-state index in [-0.39, 0.29) is 41.2 Å². The van der Waals surface area contributed by atoms with E-state index >= 15 is 0 Å². The number of aliphatic hydroxyl groups excluding tert-OH is 1. The second-order valence-corrected chi connectivity index (χ2v) is 14.4. The number of aliphatic carboxylic acids is 1. The molecule has 0 bridgehead atoms. The summed E-state index contributed by atoms with van der Waals surface area (Å²) in [6.07, 6.45) is 5.83. The summed E-state index contributed by atoms with van der Waals surface area (Å²) in [5.41, 5.74) is -0.943. The fourth-order valence-electron chi connectivity index (χ4n) is 8.86. The number of hydrogen-bond acceptors (Lipinski definition) is 6. The van der Waals surface area contributed by atoms with Crippen LogP contribution in [0.1, 0.15) is 78.2 Å². The Balaban J connectivity index is 0.000000187. The molecule has 3 N–H and O–H groups in total. The lowest BCUT2D eigenvalue weighted by molar-refractivity contribution is -0.170. The lowest BCUT2D eigenvalue weighted by atomic mass is 9.46. The molecule has 4 aliphatic rings. The van der Waals surface area contributed by atoms with E-state index in [0.29, 0.717) is 36.8 Å². The summed E-state index contributed by atoms with van der Waals surface area (Å²) in [7, 11) is 0. The highest BCUT2D eigenvalue weighted by Gasteiger charge is 2.68. The van der Waals surface area contributed by atoms with Crippen LogP contribution in [0.4, 0.5) is 4.39 Å². The molecule has 8 heteroatoms. The van der Waals surface area contributed by atoms with Crippen LogP contribution in [0.2, 0.25) is 0 Å². The molecule has 2 aromatic rings. The minimum Gasteiger partial charge on any atom is -0.481 e. The van der Waals surface area contributed by atoms with Gasteiger partial charge in [0.15, 0.2) is 11.6 Å². The number of allylic oxidation sites excluding steroid dienone is 1. The van der Waals surface area contributed by atoms with Gasteiger partial charge in [-0.05, 0) is 86.5 Å². The van der Waals surface area contributed by atoms with Crippen LogP contribution < -0.4 is 0 Å². The van der Waals surface area contributed by atoms with Gasteiger partial charge in [-0.2, -0.15) is 0 Å². The molecule has 0 aromatic heterocycles. The van der Waals surface area contributed by atoms with E-state index in [4.69, 9.17) is 5.11 Å². The number of benzene rings is 2. The zero-order valence-corrected chi connectivity index (χ0v) is 26.4. The first kappa shape index (κ1) is 32.9. The van der Waals surface area contributed by atoms with Crippen molar-refractivity contribution in [2.45, 2.75) is 83.7 Å². The number of ketones is 3. The van der Waals surface area contributed by atoms with Crippen molar-refractivity contribution in [3.8, 4) is 11.1 Å². The molecule has 0 unspecified atom stereocenters. The van der Waals surface area contributed by atoms with E-state index in [1.54, 1.807) is 32.1 Å². The van der Waals surface area contributed by atoms with Crippen molar-refractivity contribution in [2.24, 2.45) is 28.6 Å². The van der Waals surface area contributed by atoms with Crippen LogP contribution in [0.15, 0.2) is 60.2 Å². The third kappa shape index (κ3) is 5.30. The molecule has 3 saturated carbocycles. The van der Waals surface area contributed by atoms with Gasteiger partial charge in [0.05, 0.1) is 5.41 Å². The number of hydrogen-bond donors (Lipinski definition) is 3. The van der Waals surface area contributed by atoms with Gasteiger partial charge in [0, 0.05) is 29.7 Å². The fourth-order valence-corrected chi connectivity index (χ4v) is 8.86. The van der Waals surface area contributed by atoms with Crippen LogP contribution in [-0.2, 0) is 24.6 Å². The van der Waals surface area contributed by atoms with Crippen molar-refractivity contribution in [3.05, 3.63) is 71.6 Å². The average molecular weight is 619 g/mol. The van der Waals surface area contributed by atoms with Gasteiger partial charge >= 0.3 is 5.97 Å². The quantitative estimate of drug-likeness (QED) is 0.384. The minimum atomic E-state index is -1.60. The van der Waals surface area contributed by atoms with E-state index in [2.05, 4.69) is 6.92 Å². The van der Waals surface area contributed by atoms with E-state index in [1.165, 1.54) is 6.07 Å². The molecular weight excluding hydrogens is 575 g/mol. The van der Waals surface area contributed by atoms with Crippen LogP contribution in [-0.4, -0.2) is 50.8 Å². The molecular formula is C37H43FO7. The molecule has 7 nitrogen and oxygen atoms in total. The highest BCUT2D eigenvalue weighted by molar-refractivity contribution is 5.94. The predicted molar refractivity (Wildman–Crippen MR) is 167 cm³/mol. The Kier molecular flexibility index (Phi) is 8.55. The maximum absolute atomic E-state index is 14.1. The smallest absolute Gasteiger partial charge is 0.313 e. The molecule has 0 radical (unpaired) electrons. The number of carboxylic acid groups (broad SMARTS) is 1. The summed E-state index contributed by atoms with van der Waals surface area (Å²) in [4.78, 5) is 48.7. The van der Waals surface area contributed by atoms with Crippen LogP contribution in [0.5, 0.6) is 0 Å². The van der Waals surface area contributed by atoms with Crippen LogP contribution in [0.25, 0.3) is 11.1 Å². The Morgan fingerprint density at radius 2 is 1.69 bits per heavy atom. The summed E-state index contributed by atoms with van der Waals surface area (Å²) in [5, 5.41) is 29.6. The lowest BCUT2D eigenvalue weighted by Gasteiger charge is -2.57. The van der Waals surface area contributed by atoms with Crippen LogP contribution >= 0.6 is 0 Å². The number of rotatable bonds is 5. The molecule has 0 aliphatic heterocycles. The second kappa shape index (κ2) is 11.7. The number of Topliss-reactive ketones (excluding diaryl/α,β-unsaturated/α-hetero) is 2. The summed E-state index contributed by atoms with van der Waals surface area (Å²) in [6, 6.07) is 13.8. The van der Waals surface area contributed by atoms with Gasteiger partial charge in [0.1, 0.15) is 23.8 Å². The number of aliphatic hydroxyl groups is 2. The Bertz CT molecular complexity index is 1560. The van der Waals surface area contributed by atoms with Gasteiger partial charge in [-0.1, -0.05) is 61.9 Å². The van der Waals surface area contributed by atoms with Crippen LogP contribution in [0, 0.1) is 34.4 Å². The molecule has 0 spiro atoms. The summed E-state index contributed by atoms with van der Waals surface area (Å²) in [6.45, 7) is 6.43. The first-order chi connectivity index (χ1) is 21.1. The van der Waals surface area contributed by atoms with Crippen molar-refractivity contribution in [1.82, 2.24) is 0 Å². The van der Waals surface area contributed by atoms with Crippen molar-refractivity contribution in [1.29, 1.82) is 0 Å². The van der Waals surface area contributed by atoms with E-state index in [0.717, 1.165) is 24.0 Å². The lowest BCUT2D eigenvalue weighted by Crippen LogP contribution is -2.60. The highest BCUT2D eigenvalue weighted by atomic mass is 19.1. The maximum Gasteiger partial charge on any atom is 0.313 e. The monoisotopic (exact) mass is 618 g/mol. The van der Waals surface area contributed by atoms with E-state index in [1.807, 2.05) is 37.3 Å². The SMILES string of the molecule is CC(C)(C(=O)O)c1ccc(-c2ccccc2)c(F)c1.C[C@]12CCC(=O)C=C1CC[C@@H]1[C@@H]2C(=O)C[C@@]2(C)[C@H]1CC[C@]2(O)C(=O)CO. The topological polar surface area (TPSA) is 129 Å². The molecule has 0 saturated heterocycles. The molecule has 6 atom stereocenters. The van der Waals surface area contributed by atoms with Gasteiger partial charge in [0.25, 0.3) is 0 Å². The van der Waals surface area contributed by atoms with E-state index in [9.17, 15) is 33.8 Å². The van der Waals surface area contributed by atoms with E-state index < -0.39 is 40.6 Å². The first-order valence-corrected chi connectivity index (χ1v) is 15.8. The fraction of sp³-hybridized carbons (Fsp3) is 0.514. The average Bonchev–Trinajstić information content (AvgIpc) is 3.28. The van der Waals surface area contributed by atoms with Gasteiger partial charge in [-0.15, -0.1) is 0 Å². The second-order valence-electron chi connectivity index (χ2n) is 14.4. The Morgan fingerprint density at radius 3 is 2.31 bits per heavy atom. The number of carboxylic acids is 1. The highest BCUT2D eigenvalue weighted by Crippen LogP contribution is 2.66. The molecule has 240 valence electrons. The summed E-state index contributed by atoms with van der Waals surface area (Å²) >= 11 is 0. The Labute approximate surface area is 263 Å². The third-order valence-electron chi connectivity index (χ3n) is 11.7. The Hall–Kier alpha value is -3.49. The zero-order valence-electron chi connectivity index (χ0n) is 26.4. The van der Waals surface area contributed by atoms with Crippen molar-refractivity contribution >= 4 is 23.3 Å². The normalized spacial score (nSPS) is 32.3. The molecule has 2 aromatic carbocycles. The third-order valence-corrected chi connectivity index (χ3v) is 11.7. The molecule has 3 fully saturated rings. The summed E-state index contributed by atoms with van der Waals surface area (Å²) < 4.78 is 14.1. The number of halogens is 1. The molecule has 4 aliphatic carbocycles. The minimum absolute atomic E-state index is 0.0988. The largest absolute Gasteiger partial charge is 0.481 e. The van der Waals surface area contributed by atoms with Gasteiger partial charge in [-0.3, -0.25) is 19.2 Å². The summed E-state index contributed by atoms with van der Waals surface area (Å²) in [5.74, 6) is -1.55. The molecule has 6 rings (SSSR count). The molecule has 0 heterocycles. The van der Waals surface area contributed by atoms with Gasteiger partial charge in [0.2, 0.25) is 0 Å².